The summed E-state index contributed by atoms with van der Waals surface area (Å²) in [4.78, 5) is 23.2. The molecule has 0 aliphatic rings. The van der Waals surface area contributed by atoms with Crippen LogP contribution in [0.3, 0.4) is 0 Å². The number of likely N-dealkylation sites (N-methyl/N-ethyl adjacent to an activating group) is 2. The van der Waals surface area contributed by atoms with Crippen LogP contribution in [0.15, 0.2) is 30.3 Å². The molecule has 1 atom stereocenters. The standard InChI is InChI=1S/C14H21N3O2/c1-3-16-13(18)10-17-14(19)12(15-2)9-11-7-5-4-6-8-11/h4-8,12,15H,3,9-10H2,1-2H3,(H,16,18)(H,17,19). The second-order valence-corrected chi connectivity index (χ2v) is 4.20. The van der Waals surface area contributed by atoms with E-state index in [1.807, 2.05) is 37.3 Å². The highest BCUT2D eigenvalue weighted by molar-refractivity contribution is 5.87. The van der Waals surface area contributed by atoms with Crippen LogP contribution in [0.25, 0.3) is 0 Å². The summed E-state index contributed by atoms with van der Waals surface area (Å²) < 4.78 is 0. The lowest BCUT2D eigenvalue weighted by Crippen LogP contribution is -2.47. The molecular weight excluding hydrogens is 242 g/mol. The minimum Gasteiger partial charge on any atom is -0.355 e. The lowest BCUT2D eigenvalue weighted by molar-refractivity contribution is -0.127. The Kier molecular flexibility index (Phi) is 6.60. The van der Waals surface area contributed by atoms with Crippen LogP contribution < -0.4 is 16.0 Å². The van der Waals surface area contributed by atoms with Crippen molar-refractivity contribution < 1.29 is 9.59 Å². The SMILES string of the molecule is CCNC(=O)CNC(=O)C(Cc1ccccc1)NC. The number of amides is 2. The van der Waals surface area contributed by atoms with Crippen LogP contribution in [0, 0.1) is 0 Å². The van der Waals surface area contributed by atoms with Crippen molar-refractivity contribution in [2.24, 2.45) is 0 Å². The molecule has 5 nitrogen and oxygen atoms in total. The number of carbonyl (C=O) groups is 2. The summed E-state index contributed by atoms with van der Waals surface area (Å²) in [7, 11) is 1.74. The highest BCUT2D eigenvalue weighted by atomic mass is 16.2. The van der Waals surface area contributed by atoms with E-state index < -0.39 is 0 Å². The fourth-order valence-electron chi connectivity index (χ4n) is 1.73. The van der Waals surface area contributed by atoms with E-state index in [2.05, 4.69) is 16.0 Å². The van der Waals surface area contributed by atoms with E-state index >= 15 is 0 Å². The first-order valence-corrected chi connectivity index (χ1v) is 6.43. The average Bonchev–Trinajstić information content (AvgIpc) is 2.43. The van der Waals surface area contributed by atoms with Gasteiger partial charge in [-0.1, -0.05) is 30.3 Å². The van der Waals surface area contributed by atoms with E-state index in [4.69, 9.17) is 0 Å². The van der Waals surface area contributed by atoms with Gasteiger partial charge in [0.25, 0.3) is 0 Å². The summed E-state index contributed by atoms with van der Waals surface area (Å²) in [5, 5.41) is 8.22. The summed E-state index contributed by atoms with van der Waals surface area (Å²) in [6, 6.07) is 9.43. The minimum absolute atomic E-state index is 0.0135. The zero-order valence-corrected chi connectivity index (χ0v) is 11.4. The number of hydrogen-bond acceptors (Lipinski definition) is 3. The predicted molar refractivity (Wildman–Crippen MR) is 74.7 cm³/mol. The topological polar surface area (TPSA) is 70.2 Å². The van der Waals surface area contributed by atoms with Crippen LogP contribution >= 0.6 is 0 Å². The van der Waals surface area contributed by atoms with Crippen LogP contribution in [-0.2, 0) is 16.0 Å². The van der Waals surface area contributed by atoms with Gasteiger partial charge in [-0.25, -0.2) is 0 Å². The van der Waals surface area contributed by atoms with Crippen molar-refractivity contribution in [1.82, 2.24) is 16.0 Å². The zero-order valence-electron chi connectivity index (χ0n) is 11.4. The largest absolute Gasteiger partial charge is 0.355 e. The maximum absolute atomic E-state index is 11.9. The van der Waals surface area contributed by atoms with E-state index in [-0.39, 0.29) is 24.4 Å². The number of nitrogens with one attached hydrogen (secondary N) is 3. The Labute approximate surface area is 113 Å². The van der Waals surface area contributed by atoms with Crippen molar-refractivity contribution in [1.29, 1.82) is 0 Å². The number of benzene rings is 1. The van der Waals surface area contributed by atoms with Gasteiger partial charge in [-0.2, -0.15) is 0 Å². The highest BCUT2D eigenvalue weighted by Crippen LogP contribution is 2.02. The van der Waals surface area contributed by atoms with Gasteiger partial charge in [-0.3, -0.25) is 9.59 Å². The molecule has 1 aromatic rings. The minimum atomic E-state index is -0.336. The van der Waals surface area contributed by atoms with Gasteiger partial charge in [0.1, 0.15) is 0 Å². The first-order valence-electron chi connectivity index (χ1n) is 6.43. The van der Waals surface area contributed by atoms with Crippen LogP contribution in [0.1, 0.15) is 12.5 Å². The Hall–Kier alpha value is -1.88. The molecule has 0 aliphatic carbocycles. The predicted octanol–water partition coefficient (Wildman–Crippen LogP) is 0.0694. The first-order chi connectivity index (χ1) is 9.17. The summed E-state index contributed by atoms with van der Waals surface area (Å²) in [5.41, 5.74) is 1.08. The molecular formula is C14H21N3O2. The van der Waals surface area contributed by atoms with E-state index in [1.54, 1.807) is 7.05 Å². The van der Waals surface area contributed by atoms with Gasteiger partial charge in [-0.05, 0) is 26.0 Å². The maximum atomic E-state index is 11.9. The summed E-state index contributed by atoms with van der Waals surface area (Å²) in [6.45, 7) is 2.42. The van der Waals surface area contributed by atoms with Gasteiger partial charge < -0.3 is 16.0 Å². The Bertz CT molecular complexity index is 406. The molecule has 2 amide bonds. The molecule has 0 heterocycles. The molecule has 5 heteroatoms. The highest BCUT2D eigenvalue weighted by Gasteiger charge is 2.17. The molecule has 0 saturated carbocycles. The third-order valence-corrected chi connectivity index (χ3v) is 2.74. The summed E-state index contributed by atoms with van der Waals surface area (Å²) >= 11 is 0. The quantitative estimate of drug-likeness (QED) is 0.652. The second-order valence-electron chi connectivity index (χ2n) is 4.20. The fourth-order valence-corrected chi connectivity index (χ4v) is 1.73. The number of rotatable bonds is 7. The number of carbonyl (C=O) groups excluding carboxylic acids is 2. The Balaban J connectivity index is 2.46. The molecule has 0 spiro atoms. The van der Waals surface area contributed by atoms with Crippen molar-refractivity contribution in [3.05, 3.63) is 35.9 Å². The van der Waals surface area contributed by atoms with Crippen LogP contribution in [0.4, 0.5) is 0 Å². The molecule has 0 fully saturated rings. The molecule has 0 aliphatic heterocycles. The summed E-state index contributed by atoms with van der Waals surface area (Å²) in [6.07, 6.45) is 0.596. The van der Waals surface area contributed by atoms with Crippen LogP contribution in [0.2, 0.25) is 0 Å². The van der Waals surface area contributed by atoms with Gasteiger partial charge in [-0.15, -0.1) is 0 Å². The van der Waals surface area contributed by atoms with Gasteiger partial charge >= 0.3 is 0 Å². The Morgan fingerprint density at radius 1 is 1.16 bits per heavy atom. The van der Waals surface area contributed by atoms with Crippen molar-refractivity contribution in [3.63, 3.8) is 0 Å². The van der Waals surface area contributed by atoms with E-state index in [0.29, 0.717) is 13.0 Å². The van der Waals surface area contributed by atoms with E-state index in [0.717, 1.165) is 5.56 Å². The molecule has 1 aromatic carbocycles. The smallest absolute Gasteiger partial charge is 0.239 e. The fraction of sp³-hybridized carbons (Fsp3) is 0.429. The third-order valence-electron chi connectivity index (χ3n) is 2.74. The van der Waals surface area contributed by atoms with Crippen molar-refractivity contribution in [3.8, 4) is 0 Å². The molecule has 0 aromatic heterocycles. The van der Waals surface area contributed by atoms with Gasteiger partial charge in [0.05, 0.1) is 12.6 Å². The van der Waals surface area contributed by atoms with E-state index in [1.165, 1.54) is 0 Å². The monoisotopic (exact) mass is 263 g/mol. The Morgan fingerprint density at radius 3 is 2.42 bits per heavy atom. The van der Waals surface area contributed by atoms with E-state index in [9.17, 15) is 9.59 Å². The third kappa shape index (κ3) is 5.52. The summed E-state index contributed by atoms with van der Waals surface area (Å²) in [5.74, 6) is -0.344. The molecule has 0 saturated heterocycles. The normalized spacial score (nSPS) is 11.7. The Morgan fingerprint density at radius 2 is 1.84 bits per heavy atom. The second kappa shape index (κ2) is 8.26. The lowest BCUT2D eigenvalue weighted by atomic mass is 10.1. The maximum Gasteiger partial charge on any atom is 0.239 e. The lowest BCUT2D eigenvalue weighted by Gasteiger charge is -2.16. The molecule has 0 radical (unpaired) electrons. The van der Waals surface area contributed by atoms with Crippen LogP contribution in [0.5, 0.6) is 0 Å². The number of hydrogen-bond donors (Lipinski definition) is 3. The van der Waals surface area contributed by atoms with Crippen molar-refractivity contribution in [2.75, 3.05) is 20.1 Å². The first kappa shape index (κ1) is 15.2. The van der Waals surface area contributed by atoms with Gasteiger partial charge in [0.15, 0.2) is 0 Å². The van der Waals surface area contributed by atoms with Gasteiger partial charge in [0.2, 0.25) is 11.8 Å². The molecule has 0 bridgehead atoms. The molecule has 1 unspecified atom stereocenters. The zero-order chi connectivity index (χ0) is 14.1. The molecule has 19 heavy (non-hydrogen) atoms. The van der Waals surface area contributed by atoms with Gasteiger partial charge in [0, 0.05) is 6.54 Å². The average molecular weight is 263 g/mol. The molecule has 104 valence electrons. The van der Waals surface area contributed by atoms with Crippen molar-refractivity contribution in [2.45, 2.75) is 19.4 Å². The van der Waals surface area contributed by atoms with Crippen LogP contribution in [-0.4, -0.2) is 38.0 Å². The van der Waals surface area contributed by atoms with Crippen molar-refractivity contribution >= 4 is 11.8 Å². The molecule has 3 N–H and O–H groups in total. The molecule has 1 rings (SSSR count).